The van der Waals surface area contributed by atoms with Crippen molar-refractivity contribution < 1.29 is 14.2 Å². The van der Waals surface area contributed by atoms with Gasteiger partial charge < -0.3 is 19.1 Å². The van der Waals surface area contributed by atoms with E-state index in [1.54, 1.807) is 0 Å². The normalized spacial score (nSPS) is 23.7. The van der Waals surface area contributed by atoms with Crippen molar-refractivity contribution in [3.05, 3.63) is 23.9 Å². The molecule has 0 aromatic carbocycles. The molecule has 1 aromatic heterocycles. The maximum Gasteiger partial charge on any atom is 0.213 e. The highest BCUT2D eigenvalue weighted by Gasteiger charge is 2.36. The Morgan fingerprint density at radius 2 is 1.68 bits per heavy atom. The van der Waals surface area contributed by atoms with E-state index in [1.807, 2.05) is 6.20 Å². The van der Waals surface area contributed by atoms with Gasteiger partial charge in [0.15, 0.2) is 0 Å². The number of ether oxygens (including phenoxy) is 3. The molecule has 0 unspecified atom stereocenters. The Balaban J connectivity index is 1.32. The van der Waals surface area contributed by atoms with Gasteiger partial charge in [0.05, 0.1) is 19.8 Å². The van der Waals surface area contributed by atoms with Crippen LogP contribution in [0.3, 0.4) is 0 Å². The first-order valence-corrected chi connectivity index (χ1v) is 11.0. The summed E-state index contributed by atoms with van der Waals surface area (Å²) < 4.78 is 17.1. The summed E-state index contributed by atoms with van der Waals surface area (Å²) in [4.78, 5) is 9.71. The first kappa shape index (κ1) is 20.1. The molecule has 3 saturated heterocycles. The second-order valence-electron chi connectivity index (χ2n) is 8.42. The quantitative estimate of drug-likeness (QED) is 0.636. The second kappa shape index (κ2) is 10.0. The van der Waals surface area contributed by atoms with Crippen LogP contribution in [0.2, 0.25) is 0 Å². The monoisotopic (exact) mass is 389 g/mol. The molecular formula is C22H35N3O3. The van der Waals surface area contributed by atoms with Gasteiger partial charge in [0.1, 0.15) is 0 Å². The molecule has 0 bridgehead atoms. The SMILES string of the molecule is c1cc(OCCCN2CCCC2)ncc1C1(CN2CCOCC2)CCOCC1. The minimum Gasteiger partial charge on any atom is -0.478 e. The Labute approximate surface area is 169 Å². The van der Waals surface area contributed by atoms with Crippen LogP contribution in [0.5, 0.6) is 5.88 Å². The lowest BCUT2D eigenvalue weighted by Gasteiger charge is -2.42. The topological polar surface area (TPSA) is 47.1 Å². The van der Waals surface area contributed by atoms with Gasteiger partial charge in [-0.05, 0) is 50.8 Å². The summed E-state index contributed by atoms with van der Waals surface area (Å²) in [6.07, 6.45) is 7.93. The Morgan fingerprint density at radius 3 is 2.39 bits per heavy atom. The lowest BCUT2D eigenvalue weighted by molar-refractivity contribution is -0.00128. The fourth-order valence-corrected chi connectivity index (χ4v) is 4.74. The predicted molar refractivity (Wildman–Crippen MR) is 109 cm³/mol. The van der Waals surface area contributed by atoms with Crippen LogP contribution >= 0.6 is 0 Å². The molecule has 0 radical (unpaired) electrons. The lowest BCUT2D eigenvalue weighted by atomic mass is 9.74. The molecule has 0 saturated carbocycles. The van der Waals surface area contributed by atoms with Crippen molar-refractivity contribution in [3.63, 3.8) is 0 Å². The van der Waals surface area contributed by atoms with Crippen LogP contribution in [0, 0.1) is 0 Å². The highest BCUT2D eigenvalue weighted by atomic mass is 16.5. The molecule has 0 spiro atoms. The Bertz CT molecular complexity index is 577. The van der Waals surface area contributed by atoms with Crippen molar-refractivity contribution in [1.82, 2.24) is 14.8 Å². The van der Waals surface area contributed by atoms with Gasteiger partial charge in [0.25, 0.3) is 0 Å². The second-order valence-corrected chi connectivity index (χ2v) is 8.42. The summed E-state index contributed by atoms with van der Waals surface area (Å²) in [6.45, 7) is 10.8. The number of pyridine rings is 1. The van der Waals surface area contributed by atoms with E-state index in [0.29, 0.717) is 0 Å². The number of morpholine rings is 1. The van der Waals surface area contributed by atoms with Gasteiger partial charge in [0, 0.05) is 57.1 Å². The first-order valence-electron chi connectivity index (χ1n) is 11.0. The van der Waals surface area contributed by atoms with Crippen LogP contribution in [0.25, 0.3) is 0 Å². The van der Waals surface area contributed by atoms with Crippen LogP contribution in [0.15, 0.2) is 18.3 Å². The zero-order valence-corrected chi connectivity index (χ0v) is 17.1. The number of hydrogen-bond acceptors (Lipinski definition) is 6. The number of nitrogens with zero attached hydrogens (tertiary/aromatic N) is 3. The number of likely N-dealkylation sites (tertiary alicyclic amines) is 1. The lowest BCUT2D eigenvalue weighted by Crippen LogP contribution is -2.48. The molecule has 1 aromatic rings. The van der Waals surface area contributed by atoms with E-state index in [9.17, 15) is 0 Å². The summed E-state index contributed by atoms with van der Waals surface area (Å²) in [7, 11) is 0. The van der Waals surface area contributed by atoms with Crippen molar-refractivity contribution in [2.75, 3.05) is 72.3 Å². The van der Waals surface area contributed by atoms with Crippen molar-refractivity contribution in [1.29, 1.82) is 0 Å². The molecule has 4 rings (SSSR count). The molecular weight excluding hydrogens is 354 g/mol. The smallest absolute Gasteiger partial charge is 0.213 e. The van der Waals surface area contributed by atoms with Crippen LogP contribution in [-0.2, 0) is 14.9 Å². The van der Waals surface area contributed by atoms with E-state index in [4.69, 9.17) is 14.2 Å². The minimum atomic E-state index is 0.136. The van der Waals surface area contributed by atoms with Gasteiger partial charge in [-0.1, -0.05) is 6.07 Å². The summed E-state index contributed by atoms with van der Waals surface area (Å²) in [5.74, 6) is 0.749. The summed E-state index contributed by atoms with van der Waals surface area (Å²) >= 11 is 0. The van der Waals surface area contributed by atoms with Gasteiger partial charge in [-0.15, -0.1) is 0 Å². The summed E-state index contributed by atoms with van der Waals surface area (Å²) in [6, 6.07) is 4.29. The third-order valence-corrected chi connectivity index (χ3v) is 6.50. The van der Waals surface area contributed by atoms with Crippen LogP contribution in [-0.4, -0.2) is 87.1 Å². The van der Waals surface area contributed by atoms with E-state index in [0.717, 1.165) is 84.4 Å². The van der Waals surface area contributed by atoms with Gasteiger partial charge in [0.2, 0.25) is 5.88 Å². The molecule has 0 N–H and O–H groups in total. The maximum atomic E-state index is 5.90. The molecule has 156 valence electrons. The highest BCUT2D eigenvalue weighted by Crippen LogP contribution is 2.36. The van der Waals surface area contributed by atoms with Gasteiger partial charge in [-0.25, -0.2) is 4.98 Å². The summed E-state index contributed by atoms with van der Waals surface area (Å²) in [5.41, 5.74) is 1.46. The molecule has 6 heteroatoms. The Hall–Kier alpha value is -1.21. The summed E-state index contributed by atoms with van der Waals surface area (Å²) in [5, 5.41) is 0. The van der Waals surface area contributed by atoms with E-state index < -0.39 is 0 Å². The molecule has 3 aliphatic rings. The molecule has 0 aliphatic carbocycles. The number of aromatic nitrogens is 1. The van der Waals surface area contributed by atoms with Crippen LogP contribution in [0.4, 0.5) is 0 Å². The molecule has 3 fully saturated rings. The molecule has 3 aliphatic heterocycles. The van der Waals surface area contributed by atoms with Gasteiger partial charge in [-0.3, -0.25) is 4.90 Å². The number of rotatable bonds is 8. The predicted octanol–water partition coefficient (Wildman–Crippen LogP) is 2.33. The maximum absolute atomic E-state index is 5.90. The average molecular weight is 390 g/mol. The van der Waals surface area contributed by atoms with Crippen molar-refractivity contribution in [2.24, 2.45) is 0 Å². The van der Waals surface area contributed by atoms with E-state index in [2.05, 4.69) is 26.9 Å². The Morgan fingerprint density at radius 1 is 0.929 bits per heavy atom. The third-order valence-electron chi connectivity index (χ3n) is 6.50. The molecule has 6 nitrogen and oxygen atoms in total. The van der Waals surface area contributed by atoms with Gasteiger partial charge in [-0.2, -0.15) is 0 Å². The zero-order chi connectivity index (χ0) is 19.1. The molecule has 4 heterocycles. The Kier molecular flexibility index (Phi) is 7.18. The fraction of sp³-hybridized carbons (Fsp3) is 0.773. The van der Waals surface area contributed by atoms with E-state index >= 15 is 0 Å². The molecule has 28 heavy (non-hydrogen) atoms. The first-order chi connectivity index (χ1) is 13.8. The highest BCUT2D eigenvalue weighted by molar-refractivity contribution is 5.27. The largest absolute Gasteiger partial charge is 0.478 e. The van der Waals surface area contributed by atoms with Crippen LogP contribution in [0.1, 0.15) is 37.7 Å². The third kappa shape index (κ3) is 5.23. The molecule has 0 atom stereocenters. The zero-order valence-electron chi connectivity index (χ0n) is 17.1. The van der Waals surface area contributed by atoms with Crippen molar-refractivity contribution in [2.45, 2.75) is 37.5 Å². The molecule has 0 amide bonds. The van der Waals surface area contributed by atoms with Crippen LogP contribution < -0.4 is 4.74 Å². The van der Waals surface area contributed by atoms with E-state index in [1.165, 1.54) is 31.5 Å². The standard InChI is InChI=1S/C22H35N3O3/c1-2-9-24(8-1)10-3-13-28-21-5-4-20(18-23-21)22(6-14-26-15-7-22)19-25-11-16-27-17-12-25/h4-5,18H,1-3,6-17,19H2. The average Bonchev–Trinajstić information content (AvgIpc) is 3.27. The van der Waals surface area contributed by atoms with Crippen molar-refractivity contribution >= 4 is 0 Å². The van der Waals surface area contributed by atoms with Gasteiger partial charge >= 0.3 is 0 Å². The minimum absolute atomic E-state index is 0.136. The van der Waals surface area contributed by atoms with E-state index in [-0.39, 0.29) is 5.41 Å². The number of hydrogen-bond donors (Lipinski definition) is 0. The van der Waals surface area contributed by atoms with Crippen molar-refractivity contribution in [3.8, 4) is 5.88 Å². The fourth-order valence-electron chi connectivity index (χ4n) is 4.74.